The van der Waals surface area contributed by atoms with E-state index in [1.54, 1.807) is 13.8 Å². The summed E-state index contributed by atoms with van der Waals surface area (Å²) in [6, 6.07) is 0. The molecule has 0 aliphatic carbocycles. The van der Waals surface area contributed by atoms with Gasteiger partial charge in [0.1, 0.15) is 0 Å². The molecule has 0 spiro atoms. The number of carbonyl (C=O) groups excluding carboxylic acids is 1. The van der Waals surface area contributed by atoms with E-state index in [0.717, 1.165) is 0 Å². The van der Waals surface area contributed by atoms with E-state index < -0.39 is 6.16 Å². The number of ether oxygens (including phenoxy) is 1. The average Bonchev–Trinajstić information content (AvgIpc) is 1.85. The van der Waals surface area contributed by atoms with Crippen molar-refractivity contribution in [3.63, 3.8) is 0 Å². The van der Waals surface area contributed by atoms with Gasteiger partial charge in [-0.15, -0.1) is 0 Å². The van der Waals surface area contributed by atoms with Crippen molar-refractivity contribution < 1.29 is 14.4 Å². The predicted molar refractivity (Wildman–Crippen MR) is 32.3 cm³/mol. The van der Waals surface area contributed by atoms with Gasteiger partial charge in [0, 0.05) is 6.21 Å². The molecule has 9 heavy (non-hydrogen) atoms. The van der Waals surface area contributed by atoms with Crippen molar-refractivity contribution in [3.05, 3.63) is 0 Å². The molecular formula is C5H9NO3. The van der Waals surface area contributed by atoms with Gasteiger partial charge in [-0.05, 0) is 13.8 Å². The fraction of sp³-hybridized carbons (Fsp3) is 0.600. The highest BCUT2D eigenvalue weighted by atomic mass is 16.8. The van der Waals surface area contributed by atoms with E-state index in [2.05, 4.69) is 14.7 Å². The van der Waals surface area contributed by atoms with E-state index in [4.69, 9.17) is 0 Å². The van der Waals surface area contributed by atoms with Crippen LogP contribution in [0.5, 0.6) is 0 Å². The van der Waals surface area contributed by atoms with Gasteiger partial charge in [-0.2, -0.15) is 0 Å². The molecule has 0 unspecified atom stereocenters. The van der Waals surface area contributed by atoms with Gasteiger partial charge in [0.15, 0.2) is 0 Å². The van der Waals surface area contributed by atoms with Crippen LogP contribution in [0.15, 0.2) is 5.16 Å². The molecule has 4 heteroatoms. The van der Waals surface area contributed by atoms with Crippen LogP contribution in [0.4, 0.5) is 4.79 Å². The molecule has 4 nitrogen and oxygen atoms in total. The highest BCUT2D eigenvalue weighted by molar-refractivity contribution is 5.61. The molecular weight excluding hydrogens is 122 g/mol. The maximum Gasteiger partial charge on any atom is 0.535 e. The van der Waals surface area contributed by atoms with Crippen LogP contribution < -0.4 is 0 Å². The predicted octanol–water partition coefficient (Wildman–Crippen LogP) is 1.17. The molecule has 0 atom stereocenters. The summed E-state index contributed by atoms with van der Waals surface area (Å²) in [7, 11) is 0. The summed E-state index contributed by atoms with van der Waals surface area (Å²) in [5.41, 5.74) is 0. The molecule has 0 aromatic carbocycles. The summed E-state index contributed by atoms with van der Waals surface area (Å²) in [4.78, 5) is 14.4. The molecule has 0 saturated carbocycles. The quantitative estimate of drug-likeness (QED) is 0.244. The average molecular weight is 131 g/mol. The molecule has 0 rings (SSSR count). The Hall–Kier alpha value is -1.06. The van der Waals surface area contributed by atoms with Crippen LogP contribution in [-0.2, 0) is 9.57 Å². The number of nitrogens with zero attached hydrogens (tertiary/aromatic N) is 1. The van der Waals surface area contributed by atoms with E-state index in [1.807, 2.05) is 0 Å². The fourth-order valence-corrected chi connectivity index (χ4v) is 0.240. The molecule has 0 aliphatic rings. The van der Waals surface area contributed by atoms with Gasteiger partial charge in [-0.25, -0.2) is 4.79 Å². The lowest BCUT2D eigenvalue weighted by atomic mass is 10.9. The highest BCUT2D eigenvalue weighted by Gasteiger charge is 1.97. The Kier molecular flexibility index (Phi) is 4.49. The van der Waals surface area contributed by atoms with Crippen molar-refractivity contribution in [1.82, 2.24) is 0 Å². The third kappa shape index (κ3) is 4.80. The second-order valence-electron chi connectivity index (χ2n) is 1.14. The second-order valence-corrected chi connectivity index (χ2v) is 1.14. The van der Waals surface area contributed by atoms with Gasteiger partial charge in [-0.3, -0.25) is 4.84 Å². The largest absolute Gasteiger partial charge is 0.535 e. The number of carbonyl (C=O) groups is 1. The lowest BCUT2D eigenvalue weighted by Crippen LogP contribution is -2.02. The normalized spacial score (nSPS) is 9.56. The monoisotopic (exact) mass is 131 g/mol. The van der Waals surface area contributed by atoms with E-state index in [-0.39, 0.29) is 0 Å². The molecule has 0 amide bonds. The Morgan fingerprint density at radius 1 is 1.78 bits per heavy atom. The van der Waals surface area contributed by atoms with Crippen molar-refractivity contribution in [2.75, 3.05) is 6.61 Å². The minimum absolute atomic E-state index is 0.304. The van der Waals surface area contributed by atoms with Crippen molar-refractivity contribution >= 4 is 12.4 Å². The van der Waals surface area contributed by atoms with Crippen LogP contribution in [-0.4, -0.2) is 19.0 Å². The first kappa shape index (κ1) is 7.94. The number of rotatable bonds is 2. The zero-order valence-corrected chi connectivity index (χ0v) is 5.46. The Morgan fingerprint density at radius 3 is 2.89 bits per heavy atom. The molecule has 0 saturated heterocycles. The third-order valence-corrected chi connectivity index (χ3v) is 0.495. The van der Waals surface area contributed by atoms with Gasteiger partial charge >= 0.3 is 6.16 Å². The Morgan fingerprint density at radius 2 is 2.44 bits per heavy atom. The zero-order valence-electron chi connectivity index (χ0n) is 5.46. The Bertz CT molecular complexity index is 111. The van der Waals surface area contributed by atoms with Crippen LogP contribution >= 0.6 is 0 Å². The summed E-state index contributed by atoms with van der Waals surface area (Å²) < 4.78 is 4.37. The van der Waals surface area contributed by atoms with Gasteiger partial charge in [-0.1, -0.05) is 5.16 Å². The summed E-state index contributed by atoms with van der Waals surface area (Å²) in [6.45, 7) is 3.63. The first-order chi connectivity index (χ1) is 4.31. The topological polar surface area (TPSA) is 47.9 Å². The standard InChI is InChI=1S/C5H9NO3/c1-3-6-9-5(7)8-4-2/h3H,4H2,1-2H3. The Balaban J connectivity index is 3.27. The van der Waals surface area contributed by atoms with Crippen LogP contribution in [0.2, 0.25) is 0 Å². The van der Waals surface area contributed by atoms with Crippen LogP contribution in [0, 0.1) is 0 Å². The van der Waals surface area contributed by atoms with Crippen LogP contribution in [0.3, 0.4) is 0 Å². The number of hydrogen-bond donors (Lipinski definition) is 0. The smallest absolute Gasteiger partial charge is 0.433 e. The van der Waals surface area contributed by atoms with Crippen molar-refractivity contribution in [1.29, 1.82) is 0 Å². The molecule has 0 bridgehead atoms. The molecule has 0 fully saturated rings. The molecule has 0 aromatic heterocycles. The minimum atomic E-state index is -0.768. The summed E-state index contributed by atoms with van der Waals surface area (Å²) in [5, 5.41) is 3.19. The molecule has 0 heterocycles. The molecule has 0 N–H and O–H groups in total. The molecule has 0 aromatic rings. The lowest BCUT2D eigenvalue weighted by Gasteiger charge is -1.94. The van der Waals surface area contributed by atoms with Gasteiger partial charge in [0.25, 0.3) is 0 Å². The number of hydrogen-bond acceptors (Lipinski definition) is 4. The van der Waals surface area contributed by atoms with Crippen molar-refractivity contribution in [2.45, 2.75) is 13.8 Å². The molecule has 52 valence electrons. The van der Waals surface area contributed by atoms with Crippen LogP contribution in [0.25, 0.3) is 0 Å². The van der Waals surface area contributed by atoms with E-state index >= 15 is 0 Å². The summed E-state index contributed by atoms with van der Waals surface area (Å²) >= 11 is 0. The first-order valence-corrected chi connectivity index (χ1v) is 2.63. The van der Waals surface area contributed by atoms with Gasteiger partial charge in [0.05, 0.1) is 6.61 Å². The first-order valence-electron chi connectivity index (χ1n) is 2.63. The highest BCUT2D eigenvalue weighted by Crippen LogP contribution is 1.83. The minimum Gasteiger partial charge on any atom is -0.433 e. The second kappa shape index (κ2) is 5.08. The van der Waals surface area contributed by atoms with Gasteiger partial charge in [0.2, 0.25) is 0 Å². The maximum atomic E-state index is 10.2. The SMILES string of the molecule is CC=NOC(=O)OCC. The summed E-state index contributed by atoms with van der Waals surface area (Å²) in [5.74, 6) is 0. The summed E-state index contributed by atoms with van der Waals surface area (Å²) in [6.07, 6.45) is 0.590. The van der Waals surface area contributed by atoms with Gasteiger partial charge < -0.3 is 4.74 Å². The Labute approximate surface area is 53.4 Å². The maximum absolute atomic E-state index is 10.2. The van der Waals surface area contributed by atoms with Crippen molar-refractivity contribution in [3.8, 4) is 0 Å². The zero-order chi connectivity index (χ0) is 7.11. The lowest BCUT2D eigenvalue weighted by molar-refractivity contribution is 0.0617. The van der Waals surface area contributed by atoms with E-state index in [9.17, 15) is 4.79 Å². The van der Waals surface area contributed by atoms with E-state index in [1.165, 1.54) is 6.21 Å². The third-order valence-electron chi connectivity index (χ3n) is 0.495. The van der Waals surface area contributed by atoms with E-state index in [0.29, 0.717) is 6.61 Å². The molecule has 0 aliphatic heterocycles. The number of oxime groups is 1. The molecule has 0 radical (unpaired) electrons. The van der Waals surface area contributed by atoms with Crippen molar-refractivity contribution in [2.24, 2.45) is 5.16 Å². The fourth-order valence-electron chi connectivity index (χ4n) is 0.240. The van der Waals surface area contributed by atoms with Crippen LogP contribution in [0.1, 0.15) is 13.8 Å².